The van der Waals surface area contributed by atoms with Crippen LogP contribution in [-0.2, 0) is 13.1 Å². The fourth-order valence-corrected chi connectivity index (χ4v) is 2.43. The van der Waals surface area contributed by atoms with Crippen molar-refractivity contribution in [1.82, 2.24) is 20.2 Å². The van der Waals surface area contributed by atoms with Crippen molar-refractivity contribution >= 4 is 5.96 Å². The van der Waals surface area contributed by atoms with Crippen molar-refractivity contribution in [3.8, 4) is 17.2 Å². The number of aliphatic imine (C=N–C) groups is 1. The van der Waals surface area contributed by atoms with Gasteiger partial charge in [0.2, 0.25) is 6.79 Å². The van der Waals surface area contributed by atoms with Gasteiger partial charge in [0.05, 0.1) is 6.33 Å². The van der Waals surface area contributed by atoms with E-state index in [1.165, 1.54) is 6.07 Å². The maximum absolute atomic E-state index is 12.7. The highest BCUT2D eigenvalue weighted by atomic mass is 19.3. The molecule has 2 aromatic rings. The second-order valence-electron chi connectivity index (χ2n) is 5.34. The zero-order valence-electron chi connectivity index (χ0n) is 14.1. The minimum atomic E-state index is -2.93. The summed E-state index contributed by atoms with van der Waals surface area (Å²) in [6.45, 7) is -1.31. The van der Waals surface area contributed by atoms with Crippen LogP contribution in [0.2, 0.25) is 0 Å². The van der Waals surface area contributed by atoms with Gasteiger partial charge >= 0.3 is 6.61 Å². The number of hydrogen-bond acceptors (Lipinski definition) is 5. The number of hydrogen-bond donors (Lipinski definition) is 2. The number of nitrogens with one attached hydrogen (secondary N) is 2. The number of rotatable bonds is 7. The molecule has 8 nitrogen and oxygen atoms in total. The topological polar surface area (TPSA) is 81.9 Å². The molecule has 0 unspecified atom stereocenters. The van der Waals surface area contributed by atoms with Gasteiger partial charge in [-0.15, -0.1) is 0 Å². The fourth-order valence-electron chi connectivity index (χ4n) is 2.43. The lowest BCUT2D eigenvalue weighted by Crippen LogP contribution is -2.38. The lowest BCUT2D eigenvalue weighted by atomic mass is 10.1. The lowest BCUT2D eigenvalue weighted by molar-refractivity contribution is -0.0505. The highest BCUT2D eigenvalue weighted by molar-refractivity contribution is 5.79. The summed E-state index contributed by atoms with van der Waals surface area (Å²) in [5.41, 5.74) is 0.507. The number of ether oxygens (including phenoxy) is 3. The second-order valence-corrected chi connectivity index (χ2v) is 5.34. The summed E-state index contributed by atoms with van der Waals surface area (Å²) >= 11 is 0. The molecule has 1 aliphatic rings. The van der Waals surface area contributed by atoms with Gasteiger partial charge in [-0.05, 0) is 6.07 Å². The Morgan fingerprint density at radius 1 is 1.35 bits per heavy atom. The third kappa shape index (κ3) is 4.52. The first kappa shape index (κ1) is 17.8. The summed E-state index contributed by atoms with van der Waals surface area (Å²) in [6.07, 6.45) is 5.29. The van der Waals surface area contributed by atoms with E-state index >= 15 is 0 Å². The molecule has 2 heterocycles. The number of alkyl halides is 2. The fraction of sp³-hybridized carbons (Fsp3) is 0.375. The molecule has 1 aromatic carbocycles. The third-order valence-corrected chi connectivity index (χ3v) is 3.66. The van der Waals surface area contributed by atoms with E-state index in [1.54, 1.807) is 25.6 Å². The maximum Gasteiger partial charge on any atom is 0.387 e. The molecular weight excluding hydrogens is 348 g/mol. The average molecular weight is 367 g/mol. The molecule has 2 N–H and O–H groups in total. The van der Waals surface area contributed by atoms with E-state index < -0.39 is 6.61 Å². The number of guanidine groups is 1. The van der Waals surface area contributed by atoms with Crippen LogP contribution in [0.25, 0.3) is 0 Å². The zero-order chi connectivity index (χ0) is 18.4. The number of imidazole rings is 1. The van der Waals surface area contributed by atoms with E-state index in [9.17, 15) is 8.78 Å². The predicted octanol–water partition coefficient (Wildman–Crippen LogP) is 1.58. The van der Waals surface area contributed by atoms with Crippen LogP contribution in [-0.4, -0.2) is 42.5 Å². The van der Waals surface area contributed by atoms with E-state index in [4.69, 9.17) is 9.47 Å². The van der Waals surface area contributed by atoms with Crippen molar-refractivity contribution in [2.75, 3.05) is 20.4 Å². The first-order chi connectivity index (χ1) is 12.7. The molecule has 0 amide bonds. The summed E-state index contributed by atoms with van der Waals surface area (Å²) in [5.74, 6) is 1.44. The van der Waals surface area contributed by atoms with Crippen molar-refractivity contribution in [1.29, 1.82) is 0 Å². The Morgan fingerprint density at radius 2 is 2.15 bits per heavy atom. The van der Waals surface area contributed by atoms with Gasteiger partial charge in [0.1, 0.15) is 5.75 Å². The van der Waals surface area contributed by atoms with Crippen molar-refractivity contribution in [2.24, 2.45) is 4.99 Å². The molecule has 1 aromatic heterocycles. The predicted molar refractivity (Wildman–Crippen MR) is 89.6 cm³/mol. The van der Waals surface area contributed by atoms with Crippen molar-refractivity contribution in [2.45, 2.75) is 19.7 Å². The van der Waals surface area contributed by atoms with Gasteiger partial charge in [-0.25, -0.2) is 4.98 Å². The number of halogens is 2. The molecule has 0 atom stereocenters. The van der Waals surface area contributed by atoms with Gasteiger partial charge in [0, 0.05) is 50.7 Å². The van der Waals surface area contributed by atoms with Crippen LogP contribution in [0.1, 0.15) is 5.56 Å². The smallest absolute Gasteiger partial charge is 0.387 e. The molecule has 0 saturated carbocycles. The van der Waals surface area contributed by atoms with Gasteiger partial charge in [-0.2, -0.15) is 8.78 Å². The van der Waals surface area contributed by atoms with Gasteiger partial charge in [-0.3, -0.25) is 4.99 Å². The van der Waals surface area contributed by atoms with Gasteiger partial charge in [0.15, 0.2) is 17.5 Å². The van der Waals surface area contributed by atoms with Crippen LogP contribution in [0.5, 0.6) is 17.2 Å². The zero-order valence-corrected chi connectivity index (χ0v) is 14.1. The quantitative estimate of drug-likeness (QED) is 0.571. The molecule has 140 valence electrons. The van der Waals surface area contributed by atoms with Crippen LogP contribution in [0.15, 0.2) is 35.8 Å². The molecule has 26 heavy (non-hydrogen) atoms. The molecule has 0 radical (unpaired) electrons. The first-order valence-electron chi connectivity index (χ1n) is 7.93. The Kier molecular flexibility index (Phi) is 5.72. The van der Waals surface area contributed by atoms with E-state index in [2.05, 4.69) is 25.3 Å². The summed E-state index contributed by atoms with van der Waals surface area (Å²) in [7, 11) is 1.63. The monoisotopic (exact) mass is 367 g/mol. The molecule has 0 aliphatic carbocycles. The molecule has 3 rings (SSSR count). The molecular formula is C16H19F2N5O3. The summed E-state index contributed by atoms with van der Waals surface area (Å²) < 4.78 is 42.3. The molecule has 0 spiro atoms. The van der Waals surface area contributed by atoms with E-state index in [0.717, 1.165) is 0 Å². The minimum Gasteiger partial charge on any atom is -0.454 e. The maximum atomic E-state index is 12.7. The number of fused-ring (bicyclic) bond motifs is 1. The van der Waals surface area contributed by atoms with Crippen LogP contribution < -0.4 is 24.8 Å². The molecule has 0 fully saturated rings. The Bertz CT molecular complexity index is 753. The van der Waals surface area contributed by atoms with E-state index in [0.29, 0.717) is 36.1 Å². The normalized spacial score (nSPS) is 13.2. The van der Waals surface area contributed by atoms with Crippen molar-refractivity contribution < 1.29 is 23.0 Å². The lowest BCUT2D eigenvalue weighted by Gasteiger charge is -2.15. The Balaban J connectivity index is 1.60. The van der Waals surface area contributed by atoms with Gasteiger partial charge in [-0.1, -0.05) is 0 Å². The SMILES string of the molecule is CN=C(NCCn1ccnc1)NCc1cc2c(cc1OC(F)F)OCO2. The summed E-state index contributed by atoms with van der Waals surface area (Å²) in [4.78, 5) is 8.08. The minimum absolute atomic E-state index is 0.0330. The van der Waals surface area contributed by atoms with Crippen molar-refractivity contribution in [3.05, 3.63) is 36.4 Å². The largest absolute Gasteiger partial charge is 0.454 e. The highest BCUT2D eigenvalue weighted by Gasteiger charge is 2.20. The number of aromatic nitrogens is 2. The summed E-state index contributed by atoms with van der Waals surface area (Å²) in [5, 5.41) is 6.20. The number of benzene rings is 1. The second kappa shape index (κ2) is 8.37. The van der Waals surface area contributed by atoms with E-state index in [-0.39, 0.29) is 19.1 Å². The first-order valence-corrected chi connectivity index (χ1v) is 7.93. The Morgan fingerprint density at radius 3 is 2.85 bits per heavy atom. The van der Waals surface area contributed by atoms with Gasteiger partial charge < -0.3 is 29.4 Å². The Labute approximate surface area is 148 Å². The van der Waals surface area contributed by atoms with Crippen LogP contribution in [0.3, 0.4) is 0 Å². The van der Waals surface area contributed by atoms with Crippen LogP contribution in [0, 0.1) is 0 Å². The molecule has 0 saturated heterocycles. The van der Waals surface area contributed by atoms with Crippen molar-refractivity contribution in [3.63, 3.8) is 0 Å². The molecule has 1 aliphatic heterocycles. The standard InChI is InChI=1S/C16H19F2N5O3/c1-19-16(21-3-5-23-4-2-20-9-23)22-8-11-6-13-14(25-10-24-13)7-12(11)26-15(17)18/h2,4,6-7,9,15H,3,5,8,10H2,1H3,(H2,19,21,22). The summed E-state index contributed by atoms with van der Waals surface area (Å²) in [6, 6.07) is 3.02. The molecule has 0 bridgehead atoms. The Hall–Kier alpha value is -3.04. The molecule has 10 heteroatoms. The number of nitrogens with zero attached hydrogens (tertiary/aromatic N) is 3. The van der Waals surface area contributed by atoms with Crippen LogP contribution in [0.4, 0.5) is 8.78 Å². The van der Waals surface area contributed by atoms with Gasteiger partial charge in [0.25, 0.3) is 0 Å². The van der Waals surface area contributed by atoms with E-state index in [1.807, 2.05) is 10.8 Å². The third-order valence-electron chi connectivity index (χ3n) is 3.66. The average Bonchev–Trinajstić information content (AvgIpc) is 3.28. The highest BCUT2D eigenvalue weighted by Crippen LogP contribution is 2.38. The van der Waals surface area contributed by atoms with Crippen LogP contribution >= 0.6 is 0 Å².